The van der Waals surface area contributed by atoms with E-state index in [4.69, 9.17) is 4.74 Å². The Morgan fingerprint density at radius 2 is 2.12 bits per heavy atom. The molecule has 0 spiro atoms. The first kappa shape index (κ1) is 18.3. The third kappa shape index (κ3) is 3.38. The number of hydrogen-bond acceptors (Lipinski definition) is 7. The summed E-state index contributed by atoms with van der Waals surface area (Å²) in [5.74, 6) is -2.13. The van der Waals surface area contributed by atoms with Crippen LogP contribution in [0.4, 0.5) is 4.39 Å². The molecule has 5 N–H and O–H groups in total. The Labute approximate surface area is 134 Å². The van der Waals surface area contributed by atoms with Crippen LogP contribution in [0.2, 0.25) is 0 Å². The first-order valence-electron chi connectivity index (χ1n) is 7.26. The van der Waals surface area contributed by atoms with Gasteiger partial charge in [-0.3, -0.25) is 19.1 Å². The quantitative estimate of drug-likeness (QED) is 0.385. The van der Waals surface area contributed by atoms with Gasteiger partial charge in [-0.15, -0.1) is 0 Å². The van der Waals surface area contributed by atoms with Crippen molar-refractivity contribution in [1.29, 1.82) is 0 Å². The monoisotopic (exact) mass is 347 g/mol. The van der Waals surface area contributed by atoms with E-state index in [1.165, 1.54) is 0 Å². The van der Waals surface area contributed by atoms with E-state index in [9.17, 15) is 34.1 Å². The number of aliphatic hydroxyl groups excluding tert-OH is 3. The normalized spacial score (nSPS) is 27.9. The van der Waals surface area contributed by atoms with Crippen LogP contribution in [0.3, 0.4) is 0 Å². The Bertz CT molecular complexity index is 718. The molecule has 0 aromatic carbocycles. The number of nitrogens with zero attached hydrogens (tertiary/aromatic N) is 1. The van der Waals surface area contributed by atoms with Crippen molar-refractivity contribution in [3.8, 4) is 0 Å². The van der Waals surface area contributed by atoms with Gasteiger partial charge < -0.3 is 25.4 Å². The molecule has 10 nitrogen and oxygen atoms in total. The van der Waals surface area contributed by atoms with E-state index in [0.29, 0.717) is 17.2 Å². The number of aromatic nitrogens is 2. The fourth-order valence-corrected chi connectivity index (χ4v) is 2.33. The van der Waals surface area contributed by atoms with Crippen LogP contribution in [0, 0.1) is 5.82 Å². The summed E-state index contributed by atoms with van der Waals surface area (Å²) in [6.45, 7) is 2.08. The van der Waals surface area contributed by atoms with Gasteiger partial charge in [-0.05, 0) is 6.42 Å². The van der Waals surface area contributed by atoms with Crippen LogP contribution in [0.15, 0.2) is 15.8 Å². The van der Waals surface area contributed by atoms with Gasteiger partial charge in [0, 0.05) is 6.54 Å². The Hall–Kier alpha value is -2.08. The standard InChI is InChI=1S/C13H18FN3O7/c1-2-3-15-11(22)8(20)9-6(18)7(19)12(24-9)17-4-5(14)10(21)16-13(17)23/h4,6-9,12,18-20H,2-3H2,1H3,(H,15,22)(H,16,21,23)/t6-,7+,8+,9-,12-/m1/s1. The van der Waals surface area contributed by atoms with Gasteiger partial charge in [0.05, 0.1) is 6.20 Å². The first-order chi connectivity index (χ1) is 11.3. The second-order valence-corrected chi connectivity index (χ2v) is 5.35. The van der Waals surface area contributed by atoms with Gasteiger partial charge in [0.25, 0.3) is 11.5 Å². The molecule has 1 saturated heterocycles. The van der Waals surface area contributed by atoms with E-state index in [0.717, 1.165) is 0 Å². The zero-order chi connectivity index (χ0) is 18.0. The first-order valence-corrected chi connectivity index (χ1v) is 7.26. The fraction of sp³-hybridized carbons (Fsp3) is 0.615. The van der Waals surface area contributed by atoms with E-state index in [-0.39, 0.29) is 6.54 Å². The molecule has 134 valence electrons. The highest BCUT2D eigenvalue weighted by Gasteiger charge is 2.49. The zero-order valence-electron chi connectivity index (χ0n) is 12.7. The molecule has 0 radical (unpaired) electrons. The predicted octanol–water partition coefficient (Wildman–Crippen LogP) is -2.82. The lowest BCUT2D eigenvalue weighted by atomic mass is 10.0. The van der Waals surface area contributed by atoms with Crippen molar-refractivity contribution in [2.75, 3.05) is 6.54 Å². The molecule has 2 rings (SSSR count). The van der Waals surface area contributed by atoms with E-state index in [1.807, 2.05) is 0 Å². The van der Waals surface area contributed by atoms with E-state index >= 15 is 0 Å². The van der Waals surface area contributed by atoms with Crippen molar-refractivity contribution < 1.29 is 29.2 Å². The summed E-state index contributed by atoms with van der Waals surface area (Å²) in [6.07, 6.45) is -7.25. The van der Waals surface area contributed by atoms with Crippen LogP contribution < -0.4 is 16.6 Å². The Morgan fingerprint density at radius 3 is 2.75 bits per heavy atom. The Balaban J connectivity index is 2.24. The van der Waals surface area contributed by atoms with Gasteiger partial charge in [-0.2, -0.15) is 4.39 Å². The number of ether oxygens (including phenoxy) is 1. The van der Waals surface area contributed by atoms with Crippen LogP contribution in [0.1, 0.15) is 19.6 Å². The SMILES string of the molecule is CCCNC(=O)[C@@H](O)[C@@H]1O[C@@H](n2cc(F)c(=O)[nH]c2=O)[C@@H](O)[C@H]1O. The smallest absolute Gasteiger partial charge is 0.330 e. The Morgan fingerprint density at radius 1 is 1.46 bits per heavy atom. The number of amides is 1. The molecule has 11 heteroatoms. The van der Waals surface area contributed by atoms with Crippen LogP contribution in [0.5, 0.6) is 0 Å². The molecule has 1 aliphatic rings. The highest BCUT2D eigenvalue weighted by Crippen LogP contribution is 2.30. The van der Waals surface area contributed by atoms with E-state index in [2.05, 4.69) is 5.32 Å². The van der Waals surface area contributed by atoms with Crippen LogP contribution in [-0.2, 0) is 9.53 Å². The molecular weight excluding hydrogens is 329 g/mol. The van der Waals surface area contributed by atoms with Crippen molar-refractivity contribution in [2.45, 2.75) is 44.0 Å². The van der Waals surface area contributed by atoms with Crippen LogP contribution in [0.25, 0.3) is 0 Å². The molecular formula is C13H18FN3O7. The van der Waals surface area contributed by atoms with Gasteiger partial charge in [0.2, 0.25) is 5.82 Å². The third-order valence-electron chi connectivity index (χ3n) is 3.60. The number of hydrogen-bond donors (Lipinski definition) is 5. The number of H-pyrrole nitrogens is 1. The molecule has 1 aromatic rings. The minimum Gasteiger partial charge on any atom is -0.387 e. The third-order valence-corrected chi connectivity index (χ3v) is 3.60. The van der Waals surface area contributed by atoms with E-state index in [1.54, 1.807) is 11.9 Å². The summed E-state index contributed by atoms with van der Waals surface area (Å²) in [7, 11) is 0. The maximum Gasteiger partial charge on any atom is 0.330 e. The summed E-state index contributed by atoms with van der Waals surface area (Å²) >= 11 is 0. The molecule has 5 atom stereocenters. The molecule has 24 heavy (non-hydrogen) atoms. The number of nitrogens with one attached hydrogen (secondary N) is 2. The number of halogens is 1. The van der Waals surface area contributed by atoms with Crippen LogP contribution >= 0.6 is 0 Å². The lowest BCUT2D eigenvalue weighted by Gasteiger charge is -2.20. The molecule has 1 aliphatic heterocycles. The highest BCUT2D eigenvalue weighted by molar-refractivity contribution is 5.81. The molecule has 2 heterocycles. The molecule has 0 bridgehead atoms. The van der Waals surface area contributed by atoms with Crippen molar-refractivity contribution in [3.63, 3.8) is 0 Å². The number of aromatic amines is 1. The molecule has 0 aliphatic carbocycles. The summed E-state index contributed by atoms with van der Waals surface area (Å²) in [4.78, 5) is 36.2. The second-order valence-electron chi connectivity index (χ2n) is 5.35. The van der Waals surface area contributed by atoms with Gasteiger partial charge in [0.15, 0.2) is 12.3 Å². The number of carbonyl (C=O) groups excluding carboxylic acids is 1. The zero-order valence-corrected chi connectivity index (χ0v) is 12.7. The maximum absolute atomic E-state index is 13.3. The molecule has 0 unspecified atom stereocenters. The second kappa shape index (κ2) is 7.21. The van der Waals surface area contributed by atoms with Crippen molar-refractivity contribution in [2.24, 2.45) is 0 Å². The minimum atomic E-state index is -1.81. The molecule has 0 saturated carbocycles. The number of aliphatic hydroxyl groups is 3. The van der Waals surface area contributed by atoms with Gasteiger partial charge >= 0.3 is 5.69 Å². The van der Waals surface area contributed by atoms with E-state index < -0.39 is 53.6 Å². The topological polar surface area (TPSA) is 154 Å². The summed E-state index contributed by atoms with van der Waals surface area (Å²) < 4.78 is 19.0. The largest absolute Gasteiger partial charge is 0.387 e. The maximum atomic E-state index is 13.3. The summed E-state index contributed by atoms with van der Waals surface area (Å²) in [5.41, 5.74) is -2.33. The van der Waals surface area contributed by atoms with Crippen molar-refractivity contribution >= 4 is 5.91 Å². The molecule has 1 fully saturated rings. The predicted molar refractivity (Wildman–Crippen MR) is 76.5 cm³/mol. The summed E-state index contributed by atoms with van der Waals surface area (Å²) in [5, 5.41) is 32.3. The lowest BCUT2D eigenvalue weighted by Crippen LogP contribution is -2.47. The average Bonchev–Trinajstić information content (AvgIpc) is 2.83. The molecule has 1 aromatic heterocycles. The lowest BCUT2D eigenvalue weighted by molar-refractivity contribution is -0.143. The van der Waals surface area contributed by atoms with Gasteiger partial charge in [-0.25, -0.2) is 4.79 Å². The number of rotatable bonds is 5. The highest BCUT2D eigenvalue weighted by atomic mass is 19.1. The van der Waals surface area contributed by atoms with Gasteiger partial charge in [0.1, 0.15) is 18.3 Å². The number of carbonyl (C=O) groups is 1. The van der Waals surface area contributed by atoms with Crippen molar-refractivity contribution in [3.05, 3.63) is 32.9 Å². The van der Waals surface area contributed by atoms with Gasteiger partial charge in [-0.1, -0.05) is 6.92 Å². The minimum absolute atomic E-state index is 0.287. The van der Waals surface area contributed by atoms with Crippen molar-refractivity contribution in [1.82, 2.24) is 14.9 Å². The molecule has 1 amide bonds. The average molecular weight is 347 g/mol. The Kier molecular flexibility index (Phi) is 5.49. The fourth-order valence-electron chi connectivity index (χ4n) is 2.33. The summed E-state index contributed by atoms with van der Waals surface area (Å²) in [6, 6.07) is 0. The van der Waals surface area contributed by atoms with Crippen LogP contribution in [-0.4, -0.2) is 61.7 Å².